The second-order valence-corrected chi connectivity index (χ2v) is 7.67. The van der Waals surface area contributed by atoms with Gasteiger partial charge >= 0.3 is 0 Å². The van der Waals surface area contributed by atoms with Crippen LogP contribution in [0, 0.1) is 27.7 Å². The van der Waals surface area contributed by atoms with E-state index in [1.807, 2.05) is 62.4 Å². The molecule has 3 rings (SSSR count). The molecular formula is C26H29NO2. The van der Waals surface area contributed by atoms with Gasteiger partial charge < -0.3 is 10.1 Å². The third-order valence-corrected chi connectivity index (χ3v) is 5.36. The summed E-state index contributed by atoms with van der Waals surface area (Å²) in [5, 5.41) is 3.20. The zero-order valence-electron chi connectivity index (χ0n) is 17.8. The van der Waals surface area contributed by atoms with Crippen molar-refractivity contribution in [2.24, 2.45) is 0 Å². The van der Waals surface area contributed by atoms with Crippen molar-refractivity contribution < 1.29 is 9.53 Å². The Bertz CT molecular complexity index is 995. The minimum Gasteiger partial charge on any atom is -0.481 e. The molecule has 1 amide bonds. The number of hydrogen-bond acceptors (Lipinski definition) is 2. The molecule has 3 aromatic rings. The Morgan fingerprint density at radius 2 is 1.52 bits per heavy atom. The maximum atomic E-state index is 13.1. The first-order valence-corrected chi connectivity index (χ1v) is 10.0. The van der Waals surface area contributed by atoms with Gasteiger partial charge in [0.1, 0.15) is 5.75 Å². The Morgan fingerprint density at radius 3 is 2.21 bits per heavy atom. The summed E-state index contributed by atoms with van der Waals surface area (Å²) in [6.45, 7) is 9.98. The number of nitrogens with one attached hydrogen (secondary N) is 1. The van der Waals surface area contributed by atoms with Crippen LogP contribution < -0.4 is 10.1 Å². The Hall–Kier alpha value is -3.07. The van der Waals surface area contributed by atoms with Gasteiger partial charge in [0.05, 0.1) is 6.04 Å². The first-order chi connectivity index (χ1) is 13.9. The minimum atomic E-state index is -0.606. The summed E-state index contributed by atoms with van der Waals surface area (Å²) < 4.78 is 6.06. The van der Waals surface area contributed by atoms with E-state index in [2.05, 4.69) is 37.4 Å². The fraction of sp³-hybridized carbons (Fsp3) is 0.269. The van der Waals surface area contributed by atoms with Gasteiger partial charge in [-0.1, -0.05) is 60.7 Å². The lowest BCUT2D eigenvalue weighted by Gasteiger charge is -2.24. The number of benzene rings is 3. The van der Waals surface area contributed by atoms with Crippen LogP contribution in [0.2, 0.25) is 0 Å². The molecule has 0 radical (unpaired) electrons. The van der Waals surface area contributed by atoms with Gasteiger partial charge in [0.15, 0.2) is 6.10 Å². The predicted octanol–water partition coefficient (Wildman–Crippen LogP) is 5.59. The van der Waals surface area contributed by atoms with Crippen LogP contribution in [0.15, 0.2) is 66.7 Å². The van der Waals surface area contributed by atoms with Crippen molar-refractivity contribution in [2.45, 2.75) is 46.8 Å². The van der Waals surface area contributed by atoms with Gasteiger partial charge in [-0.15, -0.1) is 0 Å². The maximum absolute atomic E-state index is 13.1. The summed E-state index contributed by atoms with van der Waals surface area (Å²) >= 11 is 0. The highest BCUT2D eigenvalue weighted by Crippen LogP contribution is 2.27. The van der Waals surface area contributed by atoms with Crippen LogP contribution in [0.1, 0.15) is 46.3 Å². The fourth-order valence-electron chi connectivity index (χ4n) is 3.52. The smallest absolute Gasteiger partial charge is 0.261 e. The minimum absolute atomic E-state index is 0.138. The Balaban J connectivity index is 1.84. The third kappa shape index (κ3) is 4.86. The molecule has 0 bridgehead atoms. The van der Waals surface area contributed by atoms with Gasteiger partial charge in [-0.05, 0) is 74.1 Å². The van der Waals surface area contributed by atoms with Crippen LogP contribution in [0.5, 0.6) is 5.75 Å². The van der Waals surface area contributed by atoms with Gasteiger partial charge in [-0.25, -0.2) is 0 Å². The molecule has 3 heteroatoms. The van der Waals surface area contributed by atoms with Crippen molar-refractivity contribution >= 4 is 5.91 Å². The second kappa shape index (κ2) is 8.95. The number of amides is 1. The van der Waals surface area contributed by atoms with Gasteiger partial charge in [0.25, 0.3) is 5.91 Å². The first kappa shape index (κ1) is 20.7. The molecular weight excluding hydrogens is 358 g/mol. The van der Waals surface area contributed by atoms with E-state index in [0.717, 1.165) is 39.1 Å². The number of rotatable bonds is 6. The molecule has 0 fully saturated rings. The molecule has 0 aromatic heterocycles. The SMILES string of the molecule is Cc1cc(C)c(C)c(O[C@@H](C)C(=O)N[C@H](c2ccccc2)c2ccccc2C)c1. The summed E-state index contributed by atoms with van der Waals surface area (Å²) in [4.78, 5) is 13.1. The fourth-order valence-corrected chi connectivity index (χ4v) is 3.52. The number of carbonyl (C=O) groups is 1. The zero-order chi connectivity index (χ0) is 21.0. The average molecular weight is 388 g/mol. The van der Waals surface area contributed by atoms with Gasteiger partial charge in [0, 0.05) is 0 Å². The largest absolute Gasteiger partial charge is 0.481 e. The molecule has 1 N–H and O–H groups in total. The van der Waals surface area contributed by atoms with Gasteiger partial charge in [-0.2, -0.15) is 0 Å². The highest BCUT2D eigenvalue weighted by Gasteiger charge is 2.23. The topological polar surface area (TPSA) is 38.3 Å². The molecule has 150 valence electrons. The standard InChI is InChI=1S/C26H29NO2/c1-17-15-19(3)20(4)24(16-17)29-21(5)26(28)27-25(22-12-7-6-8-13-22)23-14-10-9-11-18(23)2/h6-16,21,25H,1-5H3,(H,27,28)/t21-,25+/m0/s1. The van der Waals surface area contributed by atoms with Crippen molar-refractivity contribution in [2.75, 3.05) is 0 Å². The number of carbonyl (C=O) groups excluding carboxylic acids is 1. The lowest BCUT2D eigenvalue weighted by Crippen LogP contribution is -2.39. The third-order valence-electron chi connectivity index (χ3n) is 5.36. The zero-order valence-corrected chi connectivity index (χ0v) is 17.8. The van der Waals surface area contributed by atoms with Crippen LogP contribution in [0.3, 0.4) is 0 Å². The normalized spacial score (nSPS) is 12.9. The predicted molar refractivity (Wildman–Crippen MR) is 118 cm³/mol. The van der Waals surface area contributed by atoms with Gasteiger partial charge in [0.2, 0.25) is 0 Å². The lowest BCUT2D eigenvalue weighted by molar-refractivity contribution is -0.127. The molecule has 0 heterocycles. The molecule has 0 aliphatic rings. The van der Waals surface area contributed by atoms with Crippen LogP contribution in [-0.4, -0.2) is 12.0 Å². The van der Waals surface area contributed by atoms with Crippen LogP contribution in [0.4, 0.5) is 0 Å². The number of aryl methyl sites for hydroxylation is 3. The highest BCUT2D eigenvalue weighted by molar-refractivity contribution is 5.81. The molecule has 0 saturated carbocycles. The summed E-state index contributed by atoms with van der Waals surface area (Å²) in [6.07, 6.45) is -0.606. The molecule has 3 aromatic carbocycles. The second-order valence-electron chi connectivity index (χ2n) is 7.67. The first-order valence-electron chi connectivity index (χ1n) is 10.0. The van der Waals surface area contributed by atoms with Crippen LogP contribution >= 0.6 is 0 Å². The van der Waals surface area contributed by atoms with E-state index >= 15 is 0 Å². The number of ether oxygens (including phenoxy) is 1. The average Bonchev–Trinajstić information content (AvgIpc) is 2.71. The maximum Gasteiger partial charge on any atom is 0.261 e. The Labute approximate surface area is 173 Å². The van der Waals surface area contributed by atoms with Crippen LogP contribution in [-0.2, 0) is 4.79 Å². The van der Waals surface area contributed by atoms with E-state index in [9.17, 15) is 4.79 Å². The van der Waals surface area contributed by atoms with E-state index in [-0.39, 0.29) is 11.9 Å². The summed E-state index contributed by atoms with van der Waals surface area (Å²) in [5.74, 6) is 0.623. The van der Waals surface area contributed by atoms with Gasteiger partial charge in [-0.3, -0.25) is 4.79 Å². The summed E-state index contributed by atoms with van der Waals surface area (Å²) in [7, 11) is 0. The van der Waals surface area contributed by atoms with Crippen molar-refractivity contribution in [1.82, 2.24) is 5.32 Å². The quantitative estimate of drug-likeness (QED) is 0.598. The molecule has 3 nitrogen and oxygen atoms in total. The molecule has 0 aliphatic carbocycles. The molecule has 0 spiro atoms. The monoisotopic (exact) mass is 387 g/mol. The molecule has 29 heavy (non-hydrogen) atoms. The van der Waals surface area contributed by atoms with E-state index in [1.54, 1.807) is 6.92 Å². The van der Waals surface area contributed by atoms with E-state index in [4.69, 9.17) is 4.74 Å². The number of hydrogen-bond donors (Lipinski definition) is 1. The van der Waals surface area contributed by atoms with E-state index in [1.165, 1.54) is 0 Å². The Kier molecular flexibility index (Phi) is 6.38. The van der Waals surface area contributed by atoms with Crippen molar-refractivity contribution in [3.05, 3.63) is 100 Å². The van der Waals surface area contributed by atoms with Crippen molar-refractivity contribution in [1.29, 1.82) is 0 Å². The summed E-state index contributed by atoms with van der Waals surface area (Å²) in [6, 6.07) is 22.1. The van der Waals surface area contributed by atoms with E-state index < -0.39 is 6.10 Å². The van der Waals surface area contributed by atoms with E-state index in [0.29, 0.717) is 0 Å². The molecule has 2 atom stereocenters. The van der Waals surface area contributed by atoms with Crippen molar-refractivity contribution in [3.8, 4) is 5.75 Å². The molecule has 0 aliphatic heterocycles. The summed E-state index contributed by atoms with van der Waals surface area (Å²) in [5.41, 5.74) is 6.62. The highest BCUT2D eigenvalue weighted by atomic mass is 16.5. The Morgan fingerprint density at radius 1 is 0.862 bits per heavy atom. The lowest BCUT2D eigenvalue weighted by atomic mass is 9.95. The van der Waals surface area contributed by atoms with Crippen molar-refractivity contribution in [3.63, 3.8) is 0 Å². The molecule has 0 saturated heterocycles. The molecule has 0 unspecified atom stereocenters. The van der Waals surface area contributed by atoms with Crippen LogP contribution in [0.25, 0.3) is 0 Å².